The first kappa shape index (κ1) is 18.8. The minimum atomic E-state index is -0.407. The summed E-state index contributed by atoms with van der Waals surface area (Å²) in [6.45, 7) is 7.88. The highest BCUT2D eigenvalue weighted by atomic mass is 16.5. The van der Waals surface area contributed by atoms with Crippen molar-refractivity contribution in [2.45, 2.75) is 34.1 Å². The predicted molar refractivity (Wildman–Crippen MR) is 96.2 cm³/mol. The van der Waals surface area contributed by atoms with E-state index in [1.807, 2.05) is 44.2 Å². The Morgan fingerprint density at radius 1 is 0.960 bits per heavy atom. The van der Waals surface area contributed by atoms with Crippen LogP contribution in [0, 0.1) is 5.92 Å². The molecule has 0 saturated heterocycles. The van der Waals surface area contributed by atoms with Gasteiger partial charge in [0, 0.05) is 11.6 Å². The smallest absolute Gasteiger partial charge is 0.336 e. The molecule has 0 fully saturated rings. The van der Waals surface area contributed by atoms with Gasteiger partial charge in [-0.25, -0.2) is 9.59 Å². The maximum atomic E-state index is 12.7. The highest BCUT2D eigenvalue weighted by molar-refractivity contribution is 6.03. The number of dihydropyridines is 1. The molecule has 5 nitrogen and oxygen atoms in total. The van der Waals surface area contributed by atoms with E-state index in [0.717, 1.165) is 5.56 Å². The Bertz CT molecular complexity index is 704. The summed E-state index contributed by atoms with van der Waals surface area (Å²) >= 11 is 0. The third-order valence-electron chi connectivity index (χ3n) is 4.14. The minimum absolute atomic E-state index is 0.276. The first-order valence-electron chi connectivity index (χ1n) is 8.66. The first-order chi connectivity index (χ1) is 12.0. The lowest BCUT2D eigenvalue weighted by Gasteiger charge is -2.30. The summed E-state index contributed by atoms with van der Waals surface area (Å²) in [5.41, 5.74) is 3.25. The summed E-state index contributed by atoms with van der Waals surface area (Å²) in [4.78, 5) is 25.1. The van der Waals surface area contributed by atoms with Gasteiger partial charge in [0.25, 0.3) is 0 Å². The molecule has 1 atom stereocenters. The zero-order chi connectivity index (χ0) is 18.4. The third-order valence-corrected chi connectivity index (χ3v) is 4.14. The molecule has 0 amide bonds. The van der Waals surface area contributed by atoms with Crippen molar-refractivity contribution < 1.29 is 19.1 Å². The number of carbonyl (C=O) groups is 2. The standard InChI is InChI=1S/C20H25NO4/c1-5-15-16(19(22)24-6-2)13(4)21-18(14-11-9-8-10-12-14)17(15)20(23)25-7-3/h8-12,15,21H,5-7H2,1-4H3/t15-/m1/s1. The summed E-state index contributed by atoms with van der Waals surface area (Å²) in [7, 11) is 0. The van der Waals surface area contributed by atoms with Crippen LogP contribution in [0.2, 0.25) is 0 Å². The largest absolute Gasteiger partial charge is 0.463 e. The van der Waals surface area contributed by atoms with Gasteiger partial charge >= 0.3 is 11.9 Å². The van der Waals surface area contributed by atoms with Crippen molar-refractivity contribution in [2.75, 3.05) is 13.2 Å². The molecule has 0 spiro atoms. The lowest BCUT2D eigenvalue weighted by molar-refractivity contribution is -0.140. The molecule has 25 heavy (non-hydrogen) atoms. The maximum Gasteiger partial charge on any atom is 0.336 e. The van der Waals surface area contributed by atoms with E-state index >= 15 is 0 Å². The van der Waals surface area contributed by atoms with Crippen LogP contribution in [0.4, 0.5) is 0 Å². The van der Waals surface area contributed by atoms with E-state index in [-0.39, 0.29) is 19.1 Å². The Balaban J connectivity index is 2.59. The first-order valence-corrected chi connectivity index (χ1v) is 8.66. The summed E-state index contributed by atoms with van der Waals surface area (Å²) in [6.07, 6.45) is 0.595. The van der Waals surface area contributed by atoms with Crippen LogP contribution >= 0.6 is 0 Å². The summed E-state index contributed by atoms with van der Waals surface area (Å²) in [5.74, 6) is -1.17. The van der Waals surface area contributed by atoms with E-state index in [0.29, 0.717) is 29.0 Å². The zero-order valence-corrected chi connectivity index (χ0v) is 15.2. The topological polar surface area (TPSA) is 64.6 Å². The molecule has 1 aliphatic rings. The van der Waals surface area contributed by atoms with Crippen LogP contribution < -0.4 is 5.32 Å². The second-order valence-electron chi connectivity index (χ2n) is 5.72. The molecule has 0 aliphatic carbocycles. The molecule has 0 radical (unpaired) electrons. The van der Waals surface area contributed by atoms with Crippen molar-refractivity contribution in [3.63, 3.8) is 0 Å². The highest BCUT2D eigenvalue weighted by Crippen LogP contribution is 2.37. The number of carbonyl (C=O) groups excluding carboxylic acids is 2. The van der Waals surface area contributed by atoms with E-state index in [9.17, 15) is 9.59 Å². The number of hydrogen-bond acceptors (Lipinski definition) is 5. The fourth-order valence-electron chi connectivity index (χ4n) is 3.10. The van der Waals surface area contributed by atoms with Gasteiger partial charge in [0.05, 0.1) is 30.1 Å². The normalized spacial score (nSPS) is 17.2. The number of benzene rings is 1. The Morgan fingerprint density at radius 3 is 2.04 bits per heavy atom. The second kappa shape index (κ2) is 8.51. The highest BCUT2D eigenvalue weighted by Gasteiger charge is 2.37. The van der Waals surface area contributed by atoms with Crippen molar-refractivity contribution in [3.05, 3.63) is 52.7 Å². The monoisotopic (exact) mass is 343 g/mol. The number of esters is 2. The van der Waals surface area contributed by atoms with E-state index in [1.165, 1.54) is 0 Å². The van der Waals surface area contributed by atoms with Crippen LogP contribution in [0.15, 0.2) is 47.2 Å². The molecule has 0 bridgehead atoms. The summed E-state index contributed by atoms with van der Waals surface area (Å²) < 4.78 is 10.5. The molecular formula is C20H25NO4. The summed E-state index contributed by atoms with van der Waals surface area (Å²) in [5, 5.41) is 3.23. The Labute approximate surface area is 148 Å². The lowest BCUT2D eigenvalue weighted by Crippen LogP contribution is -2.33. The third kappa shape index (κ3) is 3.92. The summed E-state index contributed by atoms with van der Waals surface area (Å²) in [6, 6.07) is 9.59. The average molecular weight is 343 g/mol. The van der Waals surface area contributed by atoms with E-state index in [1.54, 1.807) is 13.8 Å². The number of hydrogen-bond donors (Lipinski definition) is 1. The quantitative estimate of drug-likeness (QED) is 0.802. The Hall–Kier alpha value is -2.56. The predicted octanol–water partition coefficient (Wildman–Crippen LogP) is 3.43. The second-order valence-corrected chi connectivity index (χ2v) is 5.72. The molecule has 0 saturated carbocycles. The zero-order valence-electron chi connectivity index (χ0n) is 15.2. The van der Waals surface area contributed by atoms with Gasteiger partial charge in [-0.1, -0.05) is 37.3 Å². The van der Waals surface area contributed by atoms with Gasteiger partial charge in [-0.2, -0.15) is 0 Å². The molecule has 0 aromatic heterocycles. The van der Waals surface area contributed by atoms with Crippen LogP contribution in [0.5, 0.6) is 0 Å². The van der Waals surface area contributed by atoms with E-state index in [2.05, 4.69) is 5.32 Å². The molecule has 134 valence electrons. The van der Waals surface area contributed by atoms with Crippen LogP contribution in [-0.2, 0) is 19.1 Å². The van der Waals surface area contributed by atoms with Crippen LogP contribution in [0.3, 0.4) is 0 Å². The van der Waals surface area contributed by atoms with Crippen LogP contribution in [0.1, 0.15) is 39.7 Å². The maximum absolute atomic E-state index is 12.7. The fraction of sp³-hybridized carbons (Fsp3) is 0.400. The van der Waals surface area contributed by atoms with Crippen molar-refractivity contribution >= 4 is 17.6 Å². The van der Waals surface area contributed by atoms with E-state index < -0.39 is 11.9 Å². The molecular weight excluding hydrogens is 318 g/mol. The van der Waals surface area contributed by atoms with Crippen molar-refractivity contribution in [3.8, 4) is 0 Å². The van der Waals surface area contributed by atoms with Crippen molar-refractivity contribution in [2.24, 2.45) is 5.92 Å². The van der Waals surface area contributed by atoms with Gasteiger partial charge in [0.1, 0.15) is 0 Å². The van der Waals surface area contributed by atoms with Crippen LogP contribution in [-0.4, -0.2) is 25.2 Å². The van der Waals surface area contributed by atoms with Gasteiger partial charge in [-0.3, -0.25) is 0 Å². The molecule has 2 rings (SSSR count). The molecule has 1 aliphatic heterocycles. The lowest BCUT2D eigenvalue weighted by atomic mass is 9.82. The molecule has 5 heteroatoms. The van der Waals surface area contributed by atoms with Crippen molar-refractivity contribution in [1.29, 1.82) is 0 Å². The Morgan fingerprint density at radius 2 is 1.52 bits per heavy atom. The molecule has 1 aromatic rings. The van der Waals surface area contributed by atoms with Gasteiger partial charge in [-0.15, -0.1) is 0 Å². The number of rotatable bonds is 6. The van der Waals surface area contributed by atoms with Crippen molar-refractivity contribution in [1.82, 2.24) is 5.32 Å². The average Bonchev–Trinajstić information content (AvgIpc) is 2.61. The number of nitrogens with one attached hydrogen (secondary N) is 1. The fourth-order valence-corrected chi connectivity index (χ4v) is 3.10. The molecule has 1 heterocycles. The van der Waals surface area contributed by atoms with Gasteiger partial charge < -0.3 is 14.8 Å². The SMILES string of the molecule is CCOC(=O)C1=C(C)NC(c2ccccc2)=C(C(=O)OCC)[C@@H]1CC. The molecule has 1 N–H and O–H groups in total. The number of ether oxygens (including phenoxy) is 2. The molecule has 1 aromatic carbocycles. The number of allylic oxidation sites excluding steroid dienone is 1. The van der Waals surface area contributed by atoms with Crippen LogP contribution in [0.25, 0.3) is 5.70 Å². The van der Waals surface area contributed by atoms with Gasteiger partial charge in [-0.05, 0) is 32.8 Å². The van der Waals surface area contributed by atoms with E-state index in [4.69, 9.17) is 9.47 Å². The van der Waals surface area contributed by atoms with Gasteiger partial charge in [0.2, 0.25) is 0 Å². The molecule has 0 unspecified atom stereocenters. The Kier molecular flexibility index (Phi) is 6.39. The minimum Gasteiger partial charge on any atom is -0.463 e. The van der Waals surface area contributed by atoms with Gasteiger partial charge in [0.15, 0.2) is 0 Å².